The van der Waals surface area contributed by atoms with E-state index in [1.54, 1.807) is 0 Å². The Labute approximate surface area is 421 Å². The van der Waals surface area contributed by atoms with Crippen LogP contribution in [-0.4, -0.2) is 75.0 Å². The number of esters is 2. The van der Waals surface area contributed by atoms with Crippen LogP contribution < -0.4 is 0 Å². The molecule has 0 aliphatic heterocycles. The quantitative estimate of drug-likeness (QED) is 0.0366. The Morgan fingerprint density at radius 2 is 0.824 bits per heavy atom. The second-order valence-electron chi connectivity index (χ2n) is 19.9. The lowest BCUT2D eigenvalue weighted by atomic mass is 10.1. The highest BCUT2D eigenvalue weighted by atomic mass is 16.6. The first kappa shape index (κ1) is 66.0. The lowest BCUT2D eigenvalue weighted by molar-refractivity contribution is -0.164. The van der Waals surface area contributed by atoms with E-state index in [9.17, 15) is 14.7 Å². The predicted octanol–water partition coefficient (Wildman–Crippen LogP) is 17.2. The number of hydrogen-bond donors (Lipinski definition) is 1. The Kier molecular flexibility index (Phi) is 51.3. The maximum atomic E-state index is 13.0. The minimum Gasteiger partial charge on any atom is -0.462 e. The number of methoxy groups -OCH3 is 2. The summed E-state index contributed by atoms with van der Waals surface area (Å²) in [4.78, 5) is 25.7. The first-order valence-electron chi connectivity index (χ1n) is 28.9. The summed E-state index contributed by atoms with van der Waals surface area (Å²) in [6, 6.07) is 0. The standard InChI is InChI=1S/C60H112O8/c1-7-10-13-35-44-55(61)45-36-29-23-17-16-22-28-34-43-54(4)66-52-58(68-60(63)51-42-33-27-21-19-25-31-40-49-57(65-6)47-38-15-12-9-3)53-67-59(62)50-41-32-26-20-18-24-30-39-48-56(64-5)46-37-14-11-8-2/h29-31,36,39-40,54-58,61H,7-28,32-35,37-38,41-53H2,1-6H3. The van der Waals surface area contributed by atoms with Gasteiger partial charge in [-0.3, -0.25) is 9.59 Å². The van der Waals surface area contributed by atoms with E-state index in [1.165, 1.54) is 96.3 Å². The minimum absolute atomic E-state index is 0.0353. The van der Waals surface area contributed by atoms with Crippen LogP contribution in [0.3, 0.4) is 0 Å². The third-order valence-electron chi connectivity index (χ3n) is 13.3. The molecule has 0 amide bonds. The van der Waals surface area contributed by atoms with Gasteiger partial charge in [0.1, 0.15) is 6.61 Å². The molecule has 400 valence electrons. The van der Waals surface area contributed by atoms with Gasteiger partial charge in [0.15, 0.2) is 6.10 Å². The Morgan fingerprint density at radius 3 is 1.31 bits per heavy atom. The van der Waals surface area contributed by atoms with Crippen LogP contribution in [0.1, 0.15) is 278 Å². The molecule has 0 aromatic rings. The molecule has 0 aliphatic rings. The van der Waals surface area contributed by atoms with Crippen LogP contribution in [0.2, 0.25) is 0 Å². The van der Waals surface area contributed by atoms with Gasteiger partial charge in [-0.15, -0.1) is 0 Å². The molecule has 68 heavy (non-hydrogen) atoms. The summed E-state index contributed by atoms with van der Waals surface area (Å²) in [6.07, 6.45) is 55.8. The molecule has 0 aromatic carbocycles. The Morgan fingerprint density at radius 1 is 0.426 bits per heavy atom. The van der Waals surface area contributed by atoms with E-state index in [2.05, 4.69) is 64.2 Å². The molecular formula is C60H112O8. The zero-order chi connectivity index (χ0) is 49.8. The van der Waals surface area contributed by atoms with Gasteiger partial charge in [-0.05, 0) is 103 Å². The summed E-state index contributed by atoms with van der Waals surface area (Å²) in [5.74, 6) is -0.470. The van der Waals surface area contributed by atoms with Gasteiger partial charge in [0.2, 0.25) is 0 Å². The molecule has 0 saturated heterocycles. The van der Waals surface area contributed by atoms with Gasteiger partial charge in [-0.1, -0.05) is 198 Å². The Bertz CT molecular complexity index is 1150. The fraction of sp³-hybridized carbons (Fsp3) is 0.867. The van der Waals surface area contributed by atoms with Crippen LogP contribution in [0.25, 0.3) is 0 Å². The first-order valence-corrected chi connectivity index (χ1v) is 28.9. The summed E-state index contributed by atoms with van der Waals surface area (Å²) in [5.41, 5.74) is 0. The number of aliphatic hydroxyl groups excluding tert-OH is 1. The molecule has 5 atom stereocenters. The summed E-state index contributed by atoms with van der Waals surface area (Å²) < 4.78 is 29.1. The lowest BCUT2D eigenvalue weighted by Crippen LogP contribution is -2.31. The normalized spacial score (nSPS) is 14.3. The number of aliphatic hydroxyl groups is 1. The van der Waals surface area contributed by atoms with Crippen molar-refractivity contribution in [2.75, 3.05) is 27.4 Å². The number of carbonyl (C=O) groups excluding carboxylic acids is 2. The highest BCUT2D eigenvalue weighted by molar-refractivity contribution is 5.70. The fourth-order valence-corrected chi connectivity index (χ4v) is 8.61. The van der Waals surface area contributed by atoms with E-state index in [-0.39, 0.29) is 37.4 Å². The largest absolute Gasteiger partial charge is 0.462 e. The molecule has 0 radical (unpaired) electrons. The van der Waals surface area contributed by atoms with Crippen LogP contribution in [0.4, 0.5) is 0 Å². The third-order valence-corrected chi connectivity index (χ3v) is 13.3. The number of unbranched alkanes of at least 4 members (excludes halogenated alkanes) is 24. The average Bonchev–Trinajstić information content (AvgIpc) is 3.34. The topological polar surface area (TPSA) is 101 Å². The summed E-state index contributed by atoms with van der Waals surface area (Å²) in [7, 11) is 3.66. The van der Waals surface area contributed by atoms with E-state index < -0.39 is 6.10 Å². The second-order valence-corrected chi connectivity index (χ2v) is 19.9. The van der Waals surface area contributed by atoms with Crippen molar-refractivity contribution in [3.05, 3.63) is 36.5 Å². The van der Waals surface area contributed by atoms with Crippen molar-refractivity contribution in [1.29, 1.82) is 0 Å². The summed E-state index contributed by atoms with van der Waals surface area (Å²) in [6.45, 7) is 9.07. The maximum Gasteiger partial charge on any atom is 0.306 e. The molecule has 0 heterocycles. The molecule has 0 fully saturated rings. The Balaban J connectivity index is 4.57. The smallest absolute Gasteiger partial charge is 0.306 e. The molecule has 0 bridgehead atoms. The second kappa shape index (κ2) is 52.8. The highest BCUT2D eigenvalue weighted by Gasteiger charge is 2.19. The van der Waals surface area contributed by atoms with Crippen molar-refractivity contribution in [2.45, 2.75) is 309 Å². The van der Waals surface area contributed by atoms with E-state index >= 15 is 0 Å². The van der Waals surface area contributed by atoms with Gasteiger partial charge in [-0.25, -0.2) is 0 Å². The van der Waals surface area contributed by atoms with Gasteiger partial charge in [0, 0.05) is 27.1 Å². The van der Waals surface area contributed by atoms with E-state index in [0.717, 1.165) is 141 Å². The first-order chi connectivity index (χ1) is 33.3. The van der Waals surface area contributed by atoms with Crippen molar-refractivity contribution in [2.24, 2.45) is 0 Å². The molecule has 0 aliphatic carbocycles. The zero-order valence-electron chi connectivity index (χ0n) is 45.6. The SMILES string of the molecule is CCCCCCC(O)CC=CCCCCCCCC(C)OCC(COC(=O)CCCCCCCC=CCC(CCCCCC)OC)OC(=O)CCCCCCCC=CCC(CCCCCC)OC. The van der Waals surface area contributed by atoms with Crippen LogP contribution in [-0.2, 0) is 33.3 Å². The number of rotatable bonds is 53. The van der Waals surface area contributed by atoms with Gasteiger partial charge in [0.25, 0.3) is 0 Å². The van der Waals surface area contributed by atoms with Gasteiger partial charge < -0.3 is 28.8 Å². The van der Waals surface area contributed by atoms with Crippen molar-refractivity contribution in [3.8, 4) is 0 Å². The molecule has 5 unspecified atom stereocenters. The number of hydrogen-bond acceptors (Lipinski definition) is 8. The predicted molar refractivity (Wildman–Crippen MR) is 288 cm³/mol. The van der Waals surface area contributed by atoms with Crippen LogP contribution >= 0.6 is 0 Å². The van der Waals surface area contributed by atoms with Gasteiger partial charge in [0.05, 0.1) is 31.0 Å². The number of allylic oxidation sites excluding steroid dienone is 3. The van der Waals surface area contributed by atoms with E-state index in [1.807, 2.05) is 14.2 Å². The van der Waals surface area contributed by atoms with Gasteiger partial charge >= 0.3 is 11.9 Å². The molecule has 0 rings (SSSR count). The molecule has 1 N–H and O–H groups in total. The van der Waals surface area contributed by atoms with E-state index in [0.29, 0.717) is 25.0 Å². The molecule has 0 saturated carbocycles. The molecular weight excluding hydrogens is 849 g/mol. The molecule has 8 nitrogen and oxygen atoms in total. The summed E-state index contributed by atoms with van der Waals surface area (Å²) in [5, 5.41) is 10.2. The van der Waals surface area contributed by atoms with Crippen molar-refractivity contribution in [3.63, 3.8) is 0 Å². The molecule has 8 heteroatoms. The number of ether oxygens (including phenoxy) is 5. The Hall–Kier alpha value is -2.00. The van der Waals surface area contributed by atoms with E-state index in [4.69, 9.17) is 23.7 Å². The maximum absolute atomic E-state index is 13.0. The van der Waals surface area contributed by atoms with Gasteiger partial charge in [-0.2, -0.15) is 0 Å². The van der Waals surface area contributed by atoms with Crippen LogP contribution in [0.15, 0.2) is 36.5 Å². The average molecular weight is 962 g/mol. The summed E-state index contributed by atoms with van der Waals surface area (Å²) >= 11 is 0. The van der Waals surface area contributed by atoms with Crippen molar-refractivity contribution in [1.82, 2.24) is 0 Å². The number of carbonyl (C=O) groups is 2. The van der Waals surface area contributed by atoms with Crippen LogP contribution in [0, 0.1) is 0 Å². The molecule has 0 aromatic heterocycles. The lowest BCUT2D eigenvalue weighted by Gasteiger charge is -2.21. The minimum atomic E-state index is -0.599. The monoisotopic (exact) mass is 961 g/mol. The molecule has 0 spiro atoms. The third kappa shape index (κ3) is 47.7. The van der Waals surface area contributed by atoms with Crippen LogP contribution in [0.5, 0.6) is 0 Å². The zero-order valence-corrected chi connectivity index (χ0v) is 45.6. The van der Waals surface area contributed by atoms with Crippen molar-refractivity contribution < 1.29 is 38.4 Å². The fourth-order valence-electron chi connectivity index (χ4n) is 8.61. The van der Waals surface area contributed by atoms with Crippen molar-refractivity contribution >= 4 is 11.9 Å². The highest BCUT2D eigenvalue weighted by Crippen LogP contribution is 2.17.